The van der Waals surface area contributed by atoms with Gasteiger partial charge >= 0.3 is 0 Å². The Balaban J connectivity index is 2.31. The maximum absolute atomic E-state index is 15.1. The summed E-state index contributed by atoms with van der Waals surface area (Å²) in [6, 6.07) is 4.48. The second kappa shape index (κ2) is 14.0. The highest BCUT2D eigenvalue weighted by Crippen LogP contribution is 2.46. The minimum atomic E-state index is -0.855. The summed E-state index contributed by atoms with van der Waals surface area (Å²) in [5.74, 6) is 0.182. The van der Waals surface area contributed by atoms with Gasteiger partial charge in [-0.2, -0.15) is 5.10 Å². The van der Waals surface area contributed by atoms with Gasteiger partial charge in [0.2, 0.25) is 0 Å². The number of nitrogens with zero attached hydrogens (tertiary/aromatic N) is 4. The molecule has 1 fully saturated rings. The largest absolute Gasteiger partial charge is 0.404 e. The van der Waals surface area contributed by atoms with E-state index in [4.69, 9.17) is 10.7 Å². The second-order valence-electron chi connectivity index (χ2n) is 10.1. The fraction of sp³-hybridized carbons (Fsp3) is 0.433. The summed E-state index contributed by atoms with van der Waals surface area (Å²) >= 11 is 1.27. The predicted octanol–water partition coefficient (Wildman–Crippen LogP) is 6.33. The maximum Gasteiger partial charge on any atom is 0.153 e. The number of anilines is 2. The van der Waals surface area contributed by atoms with Crippen LogP contribution in [0, 0.1) is 24.5 Å². The highest BCUT2D eigenvalue weighted by molar-refractivity contribution is 7.98. The Morgan fingerprint density at radius 2 is 1.93 bits per heavy atom. The standard InChI is InChI=1S/C30H41F2N7OS/c1-9-16(2)26(22(15-33)28(34-6)18(4)40)27(20-10-11-20)30(36-25-12-17(3)37-38-25)35-19(5)39(7)29-23(31)13-21(41-8)14-24(29)32/h12-15,18,20,40H,9-11,33H2,1-8H3,(H2,36,37,38)/b22-15-,26-16+,30-27+,34-28?,35-19+. The first-order valence-electron chi connectivity index (χ1n) is 13.6. The van der Waals surface area contributed by atoms with Crippen molar-refractivity contribution >= 4 is 34.8 Å². The molecule has 0 spiro atoms. The molecule has 41 heavy (non-hydrogen) atoms. The molecule has 0 bridgehead atoms. The van der Waals surface area contributed by atoms with Gasteiger partial charge in [0.05, 0.1) is 11.8 Å². The number of aliphatic hydroxyl groups excluding tert-OH is 1. The van der Waals surface area contributed by atoms with Gasteiger partial charge in [-0.3, -0.25) is 10.1 Å². The van der Waals surface area contributed by atoms with Crippen molar-refractivity contribution in [3.05, 3.63) is 69.8 Å². The Hall–Kier alpha value is -3.44. The summed E-state index contributed by atoms with van der Waals surface area (Å²) in [5, 5.41) is 21.2. The summed E-state index contributed by atoms with van der Waals surface area (Å²) in [6.45, 7) is 9.32. The number of hydrogen-bond acceptors (Lipinski definition) is 7. The fourth-order valence-electron chi connectivity index (χ4n) is 4.64. The van der Waals surface area contributed by atoms with E-state index in [9.17, 15) is 5.11 Å². The third kappa shape index (κ3) is 7.45. The highest BCUT2D eigenvalue weighted by Gasteiger charge is 2.35. The number of benzene rings is 1. The van der Waals surface area contributed by atoms with Crippen molar-refractivity contribution in [1.82, 2.24) is 10.2 Å². The first-order valence-corrected chi connectivity index (χ1v) is 14.8. The summed E-state index contributed by atoms with van der Waals surface area (Å²) in [7, 11) is 3.21. The SMILES string of the molecule is CC/C(C)=C(C(=C\N)\C(=NC)C(C)O)/C(=C(\N=C(/C)N(C)c1c(F)cc(SC)cc1F)Nc1cc(C)[nH]n1)C1CC1. The van der Waals surface area contributed by atoms with Crippen molar-refractivity contribution in [1.29, 1.82) is 0 Å². The van der Waals surface area contributed by atoms with Gasteiger partial charge in [0, 0.05) is 48.1 Å². The number of aryl methyl sites for hydroxylation is 1. The van der Waals surface area contributed by atoms with E-state index in [1.165, 1.54) is 35.0 Å². The molecular weight excluding hydrogens is 544 g/mol. The number of aliphatic hydroxyl groups is 1. The van der Waals surface area contributed by atoms with Crippen LogP contribution in [-0.2, 0) is 0 Å². The Morgan fingerprint density at radius 1 is 1.29 bits per heavy atom. The molecule has 5 N–H and O–H groups in total. The zero-order valence-corrected chi connectivity index (χ0v) is 25.9. The van der Waals surface area contributed by atoms with Gasteiger partial charge in [-0.1, -0.05) is 12.5 Å². The molecule has 0 saturated heterocycles. The molecule has 0 aliphatic heterocycles. The lowest BCUT2D eigenvalue weighted by molar-refractivity contribution is 0.262. The molecule has 1 heterocycles. The van der Waals surface area contributed by atoms with Gasteiger partial charge in [-0.15, -0.1) is 11.8 Å². The molecule has 1 atom stereocenters. The lowest BCUT2D eigenvalue weighted by Crippen LogP contribution is -2.27. The number of H-pyrrole nitrogens is 1. The lowest BCUT2D eigenvalue weighted by atomic mass is 9.86. The van der Waals surface area contributed by atoms with Crippen LogP contribution >= 0.6 is 11.8 Å². The van der Waals surface area contributed by atoms with Gasteiger partial charge in [0.15, 0.2) is 17.5 Å². The van der Waals surface area contributed by atoms with Crippen molar-refractivity contribution in [2.24, 2.45) is 21.6 Å². The number of amidine groups is 1. The van der Waals surface area contributed by atoms with Crippen LogP contribution in [-0.4, -0.2) is 53.3 Å². The Labute approximate surface area is 245 Å². The number of nitrogens with two attached hydrogens (primary N) is 1. The van der Waals surface area contributed by atoms with Gasteiger partial charge in [-0.25, -0.2) is 13.8 Å². The molecule has 1 aliphatic rings. The van der Waals surface area contributed by atoms with Crippen molar-refractivity contribution in [3.63, 3.8) is 0 Å². The lowest BCUT2D eigenvalue weighted by Gasteiger charge is -2.25. The van der Waals surface area contributed by atoms with E-state index in [1.807, 2.05) is 19.9 Å². The van der Waals surface area contributed by atoms with Gasteiger partial charge in [0.25, 0.3) is 0 Å². The number of aromatic amines is 1. The number of halogens is 2. The maximum atomic E-state index is 15.1. The molecule has 0 radical (unpaired) electrons. The fourth-order valence-corrected chi connectivity index (χ4v) is 5.08. The average molecular weight is 586 g/mol. The molecule has 8 nitrogen and oxygen atoms in total. The van der Waals surface area contributed by atoms with Gasteiger partial charge in [-0.05, 0) is 76.8 Å². The van der Waals surface area contributed by atoms with Crippen LogP contribution in [0.3, 0.4) is 0 Å². The van der Waals surface area contributed by atoms with Crippen molar-refractivity contribution in [2.45, 2.75) is 64.9 Å². The Bertz CT molecular complexity index is 1390. The molecule has 1 saturated carbocycles. The molecule has 1 aromatic heterocycles. The summed E-state index contributed by atoms with van der Waals surface area (Å²) < 4.78 is 30.1. The average Bonchev–Trinajstić information content (AvgIpc) is 3.68. The van der Waals surface area contributed by atoms with Gasteiger partial charge in [0.1, 0.15) is 17.3 Å². The van der Waals surface area contributed by atoms with Crippen LogP contribution < -0.4 is 16.0 Å². The first kappa shape index (κ1) is 32.1. The normalized spacial score (nSPS) is 16.8. The van der Waals surface area contributed by atoms with E-state index in [-0.39, 0.29) is 11.6 Å². The molecule has 1 unspecified atom stereocenters. The van der Waals surface area contributed by atoms with E-state index in [2.05, 4.69) is 27.4 Å². The number of nitrogens with one attached hydrogen (secondary N) is 2. The minimum Gasteiger partial charge on any atom is -0.404 e. The van der Waals surface area contributed by atoms with E-state index in [0.717, 1.165) is 41.7 Å². The third-order valence-electron chi connectivity index (χ3n) is 7.09. The summed E-state index contributed by atoms with van der Waals surface area (Å²) in [6.07, 6.45) is 4.96. The number of aromatic nitrogens is 2. The number of hydrogen-bond donors (Lipinski definition) is 4. The third-order valence-corrected chi connectivity index (χ3v) is 7.80. The van der Waals surface area contributed by atoms with Gasteiger partial charge < -0.3 is 21.1 Å². The predicted molar refractivity (Wildman–Crippen MR) is 167 cm³/mol. The highest BCUT2D eigenvalue weighted by atomic mass is 32.2. The van der Waals surface area contributed by atoms with Crippen LogP contribution in [0.5, 0.6) is 0 Å². The molecule has 3 rings (SSSR count). The van der Waals surface area contributed by atoms with Crippen molar-refractivity contribution in [2.75, 3.05) is 30.6 Å². The molecule has 2 aromatic rings. The van der Waals surface area contributed by atoms with Crippen LogP contribution in [0.1, 0.15) is 52.7 Å². The number of thioether (sulfide) groups is 1. The van der Waals surface area contributed by atoms with Crippen LogP contribution in [0.2, 0.25) is 0 Å². The van der Waals surface area contributed by atoms with E-state index in [0.29, 0.717) is 33.7 Å². The van der Waals surface area contributed by atoms with E-state index < -0.39 is 17.7 Å². The quantitative estimate of drug-likeness (QED) is 0.106. The van der Waals surface area contributed by atoms with Crippen LogP contribution in [0.4, 0.5) is 20.3 Å². The molecular formula is C30H41F2N7OS. The zero-order chi connectivity index (χ0) is 30.4. The summed E-state index contributed by atoms with van der Waals surface area (Å²) in [4.78, 5) is 11.2. The number of allylic oxidation sites excluding steroid dienone is 3. The molecule has 222 valence electrons. The molecule has 11 heteroatoms. The Morgan fingerprint density at radius 3 is 2.37 bits per heavy atom. The second-order valence-corrected chi connectivity index (χ2v) is 11.0. The summed E-state index contributed by atoms with van der Waals surface area (Å²) in [5.41, 5.74) is 10.7. The minimum absolute atomic E-state index is 0.146. The number of rotatable bonds is 11. The Kier molecular flexibility index (Phi) is 10.9. The monoisotopic (exact) mass is 585 g/mol. The molecule has 1 aliphatic carbocycles. The number of aliphatic imine (C=N–C) groups is 2. The van der Waals surface area contributed by atoms with E-state index >= 15 is 8.78 Å². The molecule has 1 aromatic carbocycles. The van der Waals surface area contributed by atoms with Crippen molar-refractivity contribution < 1.29 is 13.9 Å². The first-order chi connectivity index (χ1) is 19.5. The smallest absolute Gasteiger partial charge is 0.153 e. The van der Waals surface area contributed by atoms with Crippen LogP contribution in [0.25, 0.3) is 0 Å². The van der Waals surface area contributed by atoms with E-state index in [1.54, 1.807) is 34.2 Å². The molecule has 0 amide bonds. The topological polar surface area (TPSA) is 115 Å². The van der Waals surface area contributed by atoms with Crippen molar-refractivity contribution in [3.8, 4) is 0 Å². The van der Waals surface area contributed by atoms with Crippen LogP contribution in [0.15, 0.2) is 67.4 Å². The zero-order valence-electron chi connectivity index (χ0n) is 25.1.